The fraction of sp³-hybridized carbons (Fsp3) is 0.600. The van der Waals surface area contributed by atoms with E-state index in [4.69, 9.17) is 15.2 Å². The number of rotatable bonds is 8. The lowest BCUT2D eigenvalue weighted by Gasteiger charge is -2.69. The lowest BCUT2D eigenvalue weighted by molar-refractivity contribution is -0.273. The van der Waals surface area contributed by atoms with Crippen LogP contribution in [0.4, 0.5) is 0 Å². The third kappa shape index (κ3) is 4.62. The predicted molar refractivity (Wildman–Crippen MR) is 194 cm³/mol. The van der Waals surface area contributed by atoms with Crippen LogP contribution in [0, 0.1) is 64.1 Å². The van der Waals surface area contributed by atoms with Gasteiger partial charge >= 0.3 is 11.9 Å². The van der Waals surface area contributed by atoms with Gasteiger partial charge in [0, 0.05) is 23.8 Å². The summed E-state index contributed by atoms with van der Waals surface area (Å²) in [7, 11) is 0. The van der Waals surface area contributed by atoms with Crippen molar-refractivity contribution in [3.63, 3.8) is 0 Å². The molecule has 9 unspecified atom stereocenters. The van der Waals surface area contributed by atoms with E-state index in [2.05, 4.69) is 72.6 Å². The summed E-state index contributed by atoms with van der Waals surface area (Å²) >= 11 is 0. The van der Waals surface area contributed by atoms with Crippen LogP contribution in [0.1, 0.15) is 118 Å². The molecule has 0 radical (unpaired) electrons. The number of allylic oxidation sites excluding steroid dienone is 6. The highest BCUT2D eigenvalue weighted by molar-refractivity contribution is 5.99. The van der Waals surface area contributed by atoms with E-state index in [9.17, 15) is 9.59 Å². The molecule has 8 aliphatic rings. The number of nitrogens with two attached hydrogens (primary N) is 1. The summed E-state index contributed by atoms with van der Waals surface area (Å²) in [6.07, 6.45) is 33.0. The molecule has 9 rings (SSSR count). The SMILES string of the molecule is NCCCc1cccc2c1C(=O)OC21C(CCC2CCCCC2)C23C=CC4C#CCC(CC5CCCC6C=CC=CC65)CC=C(OC2=O)C31C4. The number of benzene rings is 1. The molecule has 1 aromatic carbocycles. The smallest absolute Gasteiger partial charge is 0.339 e. The fourth-order valence-electron chi connectivity index (χ4n) is 12.5. The first-order valence-electron chi connectivity index (χ1n) is 20.0. The molecule has 2 N–H and O–H groups in total. The van der Waals surface area contributed by atoms with E-state index in [1.807, 2.05) is 0 Å². The maximum Gasteiger partial charge on any atom is 0.339 e. The minimum absolute atomic E-state index is 0.0374. The summed E-state index contributed by atoms with van der Waals surface area (Å²) in [5.74, 6) is 10.4. The molecule has 5 heteroatoms. The lowest BCUT2D eigenvalue weighted by Crippen LogP contribution is -2.75. The maximum absolute atomic E-state index is 14.6. The number of fused-ring (bicyclic) bond motifs is 4. The van der Waals surface area contributed by atoms with E-state index in [1.165, 1.54) is 51.4 Å². The number of aryl methyl sites for hydroxylation is 1. The van der Waals surface area contributed by atoms with E-state index >= 15 is 0 Å². The molecular weight excluding hydrogens is 618 g/mol. The Hall–Kier alpha value is -3.36. The van der Waals surface area contributed by atoms with Crippen LogP contribution in [-0.4, -0.2) is 18.5 Å². The largest absolute Gasteiger partial charge is 0.449 e. The van der Waals surface area contributed by atoms with Gasteiger partial charge in [0.2, 0.25) is 0 Å². The van der Waals surface area contributed by atoms with Gasteiger partial charge in [0.15, 0.2) is 5.60 Å². The monoisotopic (exact) mass is 671 g/mol. The molecule has 6 aliphatic carbocycles. The Bertz CT molecular complexity index is 1730. The first-order valence-corrected chi connectivity index (χ1v) is 20.0. The van der Waals surface area contributed by atoms with Crippen LogP contribution in [-0.2, 0) is 26.3 Å². The van der Waals surface area contributed by atoms with Crippen molar-refractivity contribution in [2.75, 3.05) is 6.54 Å². The normalized spacial score (nSPS) is 39.3. The maximum atomic E-state index is 14.6. The topological polar surface area (TPSA) is 78.6 Å². The van der Waals surface area contributed by atoms with Crippen molar-refractivity contribution in [3.05, 3.63) is 83.2 Å². The van der Waals surface area contributed by atoms with Crippen molar-refractivity contribution in [2.45, 2.75) is 108 Å². The second-order valence-electron chi connectivity index (χ2n) is 17.0. The molecule has 50 heavy (non-hydrogen) atoms. The highest BCUT2D eigenvalue weighted by Gasteiger charge is 2.91. The van der Waals surface area contributed by atoms with Gasteiger partial charge in [-0.25, -0.2) is 4.79 Å². The quantitative estimate of drug-likeness (QED) is 0.170. The Kier molecular flexibility index (Phi) is 8.26. The van der Waals surface area contributed by atoms with Crippen LogP contribution < -0.4 is 5.73 Å². The Labute approximate surface area is 298 Å². The van der Waals surface area contributed by atoms with E-state index < -0.39 is 16.4 Å². The molecule has 0 amide bonds. The van der Waals surface area contributed by atoms with Crippen LogP contribution >= 0.6 is 0 Å². The van der Waals surface area contributed by atoms with Gasteiger partial charge in [-0.1, -0.05) is 99.1 Å². The zero-order valence-corrected chi connectivity index (χ0v) is 29.5. The van der Waals surface area contributed by atoms with Crippen molar-refractivity contribution in [1.29, 1.82) is 0 Å². The van der Waals surface area contributed by atoms with Crippen LogP contribution in [0.25, 0.3) is 0 Å². The first kappa shape index (κ1) is 32.5. The lowest BCUT2D eigenvalue weighted by atomic mass is 9.31. The molecule has 5 nitrogen and oxygen atoms in total. The Morgan fingerprint density at radius 2 is 1.82 bits per heavy atom. The minimum atomic E-state index is -0.958. The number of carbonyl (C=O) groups is 2. The third-order valence-corrected chi connectivity index (χ3v) is 14.6. The molecule has 1 saturated heterocycles. The van der Waals surface area contributed by atoms with E-state index in [0.29, 0.717) is 48.1 Å². The molecule has 4 fully saturated rings. The highest BCUT2D eigenvalue weighted by atomic mass is 16.6. The number of hydrogen-bond acceptors (Lipinski definition) is 5. The van der Waals surface area contributed by atoms with Crippen LogP contribution in [0.3, 0.4) is 0 Å². The molecule has 1 aromatic rings. The Balaban J connectivity index is 1.14. The van der Waals surface area contributed by atoms with Crippen molar-refractivity contribution >= 4 is 11.9 Å². The summed E-state index contributed by atoms with van der Waals surface area (Å²) in [6.45, 7) is 0.567. The average molecular weight is 672 g/mol. The molecule has 2 bridgehead atoms. The zero-order valence-electron chi connectivity index (χ0n) is 29.5. The number of carbonyl (C=O) groups excluding carboxylic acids is 2. The molecule has 2 heterocycles. The van der Waals surface area contributed by atoms with Crippen LogP contribution in [0.15, 0.2) is 66.5 Å². The van der Waals surface area contributed by atoms with Gasteiger partial charge < -0.3 is 15.2 Å². The number of esters is 2. The van der Waals surface area contributed by atoms with E-state index in [-0.39, 0.29) is 23.8 Å². The zero-order chi connectivity index (χ0) is 33.9. The van der Waals surface area contributed by atoms with Gasteiger partial charge in [-0.2, -0.15) is 0 Å². The summed E-state index contributed by atoms with van der Waals surface area (Å²) in [5, 5.41) is 0. The fourth-order valence-corrected chi connectivity index (χ4v) is 12.5. The van der Waals surface area contributed by atoms with E-state index in [1.54, 1.807) is 0 Å². The summed E-state index contributed by atoms with van der Waals surface area (Å²) in [5.41, 5.74) is 6.01. The molecular formula is C45H53NO4. The molecule has 9 atom stereocenters. The summed E-state index contributed by atoms with van der Waals surface area (Å²) < 4.78 is 13.5. The number of hydrogen-bond donors (Lipinski definition) is 1. The average Bonchev–Trinajstić information content (AvgIpc) is 3.59. The molecule has 3 saturated carbocycles. The second-order valence-corrected chi connectivity index (χ2v) is 17.0. The molecule has 0 aromatic heterocycles. The molecule has 262 valence electrons. The summed E-state index contributed by atoms with van der Waals surface area (Å²) in [4.78, 5) is 28.9. The minimum Gasteiger partial charge on any atom is -0.449 e. The van der Waals surface area contributed by atoms with Crippen LogP contribution in [0.5, 0.6) is 0 Å². The van der Waals surface area contributed by atoms with Crippen LogP contribution in [0.2, 0.25) is 0 Å². The molecule has 2 spiro atoms. The van der Waals surface area contributed by atoms with Crippen molar-refractivity contribution in [2.24, 2.45) is 58.0 Å². The number of ether oxygens (including phenoxy) is 2. The molecule has 2 aliphatic heterocycles. The second kappa shape index (κ2) is 12.7. The van der Waals surface area contributed by atoms with Crippen molar-refractivity contribution in [3.8, 4) is 11.8 Å². The van der Waals surface area contributed by atoms with Gasteiger partial charge in [-0.3, -0.25) is 4.79 Å². The Morgan fingerprint density at radius 1 is 0.940 bits per heavy atom. The predicted octanol–water partition coefficient (Wildman–Crippen LogP) is 8.89. The van der Waals surface area contributed by atoms with Gasteiger partial charge in [0.25, 0.3) is 0 Å². The third-order valence-electron chi connectivity index (χ3n) is 14.6. The van der Waals surface area contributed by atoms with Crippen molar-refractivity contribution < 1.29 is 19.1 Å². The standard InChI is InChI=1S/C45H53NO4/c46-27-9-18-34-16-8-20-37-40(34)41(47)50-45(37)38(23-21-30-10-2-1-3-11-30)43-26-25-32-13-6-12-31(22-24-39(49-42(43)48)44(43,45)29-32)28-35-17-7-15-33-14-4-5-19-36(33)35/h4-5,8,14,16,19-20,24-26,30-33,35-36,38H,1-3,7,9-12,15,17-18,21-23,27-29,46H2. The van der Waals surface area contributed by atoms with E-state index in [0.717, 1.165) is 61.8 Å². The Morgan fingerprint density at radius 3 is 2.70 bits per heavy atom. The highest BCUT2D eigenvalue weighted by Crippen LogP contribution is 2.84. The first-order chi connectivity index (χ1) is 24.5. The van der Waals surface area contributed by atoms with Gasteiger partial charge in [-0.05, 0) is 106 Å². The van der Waals surface area contributed by atoms with Crippen molar-refractivity contribution in [1.82, 2.24) is 0 Å². The van der Waals surface area contributed by atoms with Gasteiger partial charge in [0.1, 0.15) is 11.2 Å². The van der Waals surface area contributed by atoms with Gasteiger partial charge in [-0.15, -0.1) is 5.92 Å². The summed E-state index contributed by atoms with van der Waals surface area (Å²) in [6, 6.07) is 6.28. The van der Waals surface area contributed by atoms with Gasteiger partial charge in [0.05, 0.1) is 11.0 Å².